The molecule has 0 aliphatic rings. The van der Waals surface area contributed by atoms with Gasteiger partial charge >= 0.3 is 0 Å². The second-order valence-corrected chi connectivity index (χ2v) is 4.80. The summed E-state index contributed by atoms with van der Waals surface area (Å²) in [5.74, 6) is 1.58. The van der Waals surface area contributed by atoms with Gasteiger partial charge in [-0.2, -0.15) is 0 Å². The quantitative estimate of drug-likeness (QED) is 0.558. The van der Waals surface area contributed by atoms with Gasteiger partial charge in [-0.15, -0.1) is 0 Å². The molecule has 0 rings (SSSR count). The first-order valence-corrected chi connectivity index (χ1v) is 6.31. The van der Waals surface area contributed by atoms with Gasteiger partial charge in [0.25, 0.3) is 0 Å². The van der Waals surface area contributed by atoms with Crippen LogP contribution in [0.4, 0.5) is 0 Å². The highest BCUT2D eigenvalue weighted by molar-refractivity contribution is 4.58. The second-order valence-electron chi connectivity index (χ2n) is 4.80. The fourth-order valence-corrected chi connectivity index (χ4v) is 1.82. The Morgan fingerprint density at radius 3 is 1.93 bits per heavy atom. The van der Waals surface area contributed by atoms with Crippen LogP contribution >= 0.6 is 0 Å². The van der Waals surface area contributed by atoms with Crippen LogP contribution in [-0.4, -0.2) is 11.7 Å². The van der Waals surface area contributed by atoms with Gasteiger partial charge in [-0.3, -0.25) is 0 Å². The Kier molecular flexibility index (Phi) is 9.49. The standard InChI is InChI=1S/C13H28O/c1-4-5-6-7-12(2)8-9-13(3)10-11-14/h12-14H,4-11H2,1-3H3. The maximum atomic E-state index is 8.78. The molecule has 0 spiro atoms. The predicted molar refractivity (Wildman–Crippen MR) is 63.4 cm³/mol. The number of aliphatic hydroxyl groups excluding tert-OH is 1. The van der Waals surface area contributed by atoms with Crippen molar-refractivity contribution in [2.75, 3.05) is 6.61 Å². The first-order valence-electron chi connectivity index (χ1n) is 6.31. The summed E-state index contributed by atoms with van der Waals surface area (Å²) < 4.78 is 0. The van der Waals surface area contributed by atoms with Crippen LogP contribution in [0.2, 0.25) is 0 Å². The molecule has 0 saturated heterocycles. The fraction of sp³-hybridized carbons (Fsp3) is 1.00. The molecule has 1 N–H and O–H groups in total. The lowest BCUT2D eigenvalue weighted by Gasteiger charge is -2.14. The first kappa shape index (κ1) is 14.0. The Bertz CT molecular complexity index is 112. The Balaban J connectivity index is 3.29. The second kappa shape index (κ2) is 9.51. The number of unbranched alkanes of at least 4 members (excludes halogenated alkanes) is 2. The third kappa shape index (κ3) is 8.55. The van der Waals surface area contributed by atoms with Crippen LogP contribution in [0, 0.1) is 11.8 Å². The highest BCUT2D eigenvalue weighted by Crippen LogP contribution is 2.19. The summed E-state index contributed by atoms with van der Waals surface area (Å²) in [6.07, 6.45) is 9.09. The molecule has 0 aromatic carbocycles. The molecular weight excluding hydrogens is 172 g/mol. The average molecular weight is 200 g/mol. The molecule has 1 nitrogen and oxygen atoms in total. The van der Waals surface area contributed by atoms with Gasteiger partial charge in [0.1, 0.15) is 0 Å². The van der Waals surface area contributed by atoms with Gasteiger partial charge < -0.3 is 5.11 Å². The Morgan fingerprint density at radius 2 is 1.43 bits per heavy atom. The van der Waals surface area contributed by atoms with Crippen molar-refractivity contribution in [2.24, 2.45) is 11.8 Å². The lowest BCUT2D eigenvalue weighted by molar-refractivity contribution is 0.252. The molecule has 14 heavy (non-hydrogen) atoms. The minimum atomic E-state index is 0.353. The first-order chi connectivity index (χ1) is 6.70. The van der Waals surface area contributed by atoms with E-state index in [1.165, 1.54) is 38.5 Å². The summed E-state index contributed by atoms with van der Waals surface area (Å²) in [5, 5.41) is 8.78. The highest BCUT2D eigenvalue weighted by Gasteiger charge is 2.05. The van der Waals surface area contributed by atoms with Crippen molar-refractivity contribution in [3.8, 4) is 0 Å². The van der Waals surface area contributed by atoms with Gasteiger partial charge in [0.05, 0.1) is 0 Å². The maximum Gasteiger partial charge on any atom is 0.0433 e. The molecule has 2 unspecified atom stereocenters. The zero-order valence-electron chi connectivity index (χ0n) is 10.3. The zero-order chi connectivity index (χ0) is 10.8. The third-order valence-electron chi connectivity index (χ3n) is 3.07. The zero-order valence-corrected chi connectivity index (χ0v) is 10.3. The normalized spacial score (nSPS) is 15.4. The molecule has 0 aliphatic carbocycles. The molecule has 0 bridgehead atoms. The van der Waals surface area contributed by atoms with E-state index < -0.39 is 0 Å². The molecular formula is C13H28O. The number of rotatable bonds is 9. The summed E-state index contributed by atoms with van der Waals surface area (Å²) in [6, 6.07) is 0. The van der Waals surface area contributed by atoms with E-state index in [0.29, 0.717) is 12.5 Å². The van der Waals surface area contributed by atoms with Crippen LogP contribution in [0.5, 0.6) is 0 Å². The molecule has 0 saturated carbocycles. The van der Waals surface area contributed by atoms with E-state index in [9.17, 15) is 0 Å². The maximum absolute atomic E-state index is 8.78. The van der Waals surface area contributed by atoms with E-state index >= 15 is 0 Å². The molecule has 0 heterocycles. The molecule has 86 valence electrons. The van der Waals surface area contributed by atoms with E-state index in [0.717, 1.165) is 12.3 Å². The molecule has 0 aromatic heterocycles. The summed E-state index contributed by atoms with van der Waals surface area (Å²) in [5.41, 5.74) is 0. The van der Waals surface area contributed by atoms with Crippen LogP contribution in [-0.2, 0) is 0 Å². The van der Waals surface area contributed by atoms with E-state index in [1.54, 1.807) is 0 Å². The van der Waals surface area contributed by atoms with Crippen molar-refractivity contribution in [2.45, 2.75) is 65.7 Å². The highest BCUT2D eigenvalue weighted by atomic mass is 16.3. The van der Waals surface area contributed by atoms with Crippen molar-refractivity contribution in [1.29, 1.82) is 0 Å². The SMILES string of the molecule is CCCCCC(C)CCC(C)CCO. The Labute approximate surface area is 89.9 Å². The molecule has 0 aromatic rings. The van der Waals surface area contributed by atoms with Crippen LogP contribution < -0.4 is 0 Å². The van der Waals surface area contributed by atoms with Crippen molar-refractivity contribution in [1.82, 2.24) is 0 Å². The average Bonchev–Trinajstić information content (AvgIpc) is 2.16. The van der Waals surface area contributed by atoms with Crippen LogP contribution in [0.15, 0.2) is 0 Å². The minimum Gasteiger partial charge on any atom is -0.396 e. The van der Waals surface area contributed by atoms with Gasteiger partial charge in [0, 0.05) is 6.61 Å². The van der Waals surface area contributed by atoms with Gasteiger partial charge in [-0.05, 0) is 18.3 Å². The largest absolute Gasteiger partial charge is 0.396 e. The van der Waals surface area contributed by atoms with E-state index in [1.807, 2.05) is 0 Å². The van der Waals surface area contributed by atoms with E-state index in [-0.39, 0.29) is 0 Å². The minimum absolute atomic E-state index is 0.353. The van der Waals surface area contributed by atoms with Crippen molar-refractivity contribution >= 4 is 0 Å². The lowest BCUT2D eigenvalue weighted by atomic mass is 9.93. The van der Waals surface area contributed by atoms with Crippen molar-refractivity contribution in [3.05, 3.63) is 0 Å². The van der Waals surface area contributed by atoms with Gasteiger partial charge in [0.15, 0.2) is 0 Å². The van der Waals surface area contributed by atoms with Crippen LogP contribution in [0.3, 0.4) is 0 Å². The lowest BCUT2D eigenvalue weighted by Crippen LogP contribution is -2.02. The number of aliphatic hydroxyl groups is 1. The number of hydrogen-bond donors (Lipinski definition) is 1. The Morgan fingerprint density at radius 1 is 0.857 bits per heavy atom. The summed E-state index contributed by atoms with van der Waals surface area (Å²) >= 11 is 0. The predicted octanol–water partition coefficient (Wildman–Crippen LogP) is 4.00. The molecule has 2 atom stereocenters. The topological polar surface area (TPSA) is 20.2 Å². The van der Waals surface area contributed by atoms with Gasteiger partial charge in [-0.1, -0.05) is 59.3 Å². The van der Waals surface area contributed by atoms with Crippen LogP contribution in [0.1, 0.15) is 65.7 Å². The third-order valence-corrected chi connectivity index (χ3v) is 3.07. The van der Waals surface area contributed by atoms with Gasteiger partial charge in [-0.25, -0.2) is 0 Å². The smallest absolute Gasteiger partial charge is 0.0433 e. The van der Waals surface area contributed by atoms with E-state index in [2.05, 4.69) is 20.8 Å². The Hall–Kier alpha value is -0.0400. The summed E-state index contributed by atoms with van der Waals surface area (Å²) in [4.78, 5) is 0. The molecule has 0 amide bonds. The fourth-order valence-electron chi connectivity index (χ4n) is 1.82. The van der Waals surface area contributed by atoms with Crippen molar-refractivity contribution in [3.63, 3.8) is 0 Å². The monoisotopic (exact) mass is 200 g/mol. The molecule has 0 aliphatic heterocycles. The van der Waals surface area contributed by atoms with Gasteiger partial charge in [0.2, 0.25) is 0 Å². The molecule has 0 fully saturated rings. The number of hydrogen-bond acceptors (Lipinski definition) is 1. The van der Waals surface area contributed by atoms with Crippen LogP contribution in [0.25, 0.3) is 0 Å². The molecule has 0 radical (unpaired) electrons. The van der Waals surface area contributed by atoms with E-state index in [4.69, 9.17) is 5.11 Å². The summed E-state index contributed by atoms with van der Waals surface area (Å²) in [7, 11) is 0. The molecule has 1 heteroatoms. The summed E-state index contributed by atoms with van der Waals surface area (Å²) in [6.45, 7) is 7.22. The van der Waals surface area contributed by atoms with Crippen molar-refractivity contribution < 1.29 is 5.11 Å².